The molecule has 0 aliphatic carbocycles. The molecule has 3 amide bonds. The van der Waals surface area contributed by atoms with Gasteiger partial charge in [-0.2, -0.15) is 0 Å². The van der Waals surface area contributed by atoms with E-state index in [1.54, 1.807) is 0 Å². The molecule has 1 aliphatic rings. The highest BCUT2D eigenvalue weighted by atomic mass is 16.2. The number of nitrogens with zero attached hydrogens (tertiary/aromatic N) is 2. The van der Waals surface area contributed by atoms with Crippen LogP contribution in [0.2, 0.25) is 0 Å². The van der Waals surface area contributed by atoms with Gasteiger partial charge in [0.25, 0.3) is 0 Å². The molecule has 0 spiro atoms. The molecule has 0 unspecified atom stereocenters. The summed E-state index contributed by atoms with van der Waals surface area (Å²) in [4.78, 5) is 42.7. The number of piperazine rings is 1. The first-order chi connectivity index (χ1) is 21.6. The number of allylic oxidation sites excluding steroid dienone is 2. The lowest BCUT2D eigenvalue weighted by Gasteiger charge is -2.34. The second kappa shape index (κ2) is 26.1. The fraction of sp³-hybridized carbons (Fsp3) is 0.861. The van der Waals surface area contributed by atoms with Crippen LogP contribution < -0.4 is 21.3 Å². The summed E-state index contributed by atoms with van der Waals surface area (Å²) in [6, 6.07) is -0.592. The number of amides is 3. The lowest BCUT2D eigenvalue weighted by Crippen LogP contribution is -2.54. The Hall–Kier alpha value is -1.97. The molecule has 0 saturated carbocycles. The van der Waals surface area contributed by atoms with Crippen LogP contribution >= 0.6 is 0 Å². The Morgan fingerprint density at radius 3 is 1.84 bits per heavy atom. The maximum absolute atomic E-state index is 13.2. The fourth-order valence-corrected chi connectivity index (χ4v) is 5.61. The quantitative estimate of drug-likeness (QED) is 0.0718. The summed E-state index contributed by atoms with van der Waals surface area (Å²) in [5.41, 5.74) is -0.0665. The van der Waals surface area contributed by atoms with Crippen molar-refractivity contribution in [3.63, 3.8) is 0 Å². The normalized spacial score (nSPS) is 15.3. The molecule has 45 heavy (non-hydrogen) atoms. The van der Waals surface area contributed by atoms with Crippen LogP contribution in [-0.2, 0) is 14.4 Å². The molecule has 1 saturated heterocycles. The zero-order valence-corrected chi connectivity index (χ0v) is 29.8. The van der Waals surface area contributed by atoms with Crippen LogP contribution in [-0.4, -0.2) is 86.7 Å². The van der Waals surface area contributed by atoms with Gasteiger partial charge in [-0.05, 0) is 57.4 Å². The minimum absolute atomic E-state index is 0.0224. The third-order valence-electron chi connectivity index (χ3n) is 8.32. The molecule has 0 radical (unpaired) electrons. The smallest absolute Gasteiger partial charge is 0.243 e. The standard InChI is InChI=1S/C36H70N6O3/c1-6-7-8-9-10-11-12-13-14-15-16-17-18-19-20-23-33(43)40-32(22-21-24-38-34(44)29-36(2,3)4)35(45)39-31-42-27-25-41(26-28-42)30-37-5/h13-14,32,37H,6-12,15-31H2,1-5H3,(H,38,44)(H,39,45)(H,40,43)/t32-/m0/s1. The van der Waals surface area contributed by atoms with E-state index in [2.05, 4.69) is 50.1 Å². The largest absolute Gasteiger partial charge is 0.356 e. The molecule has 0 aromatic rings. The molecule has 0 bridgehead atoms. The van der Waals surface area contributed by atoms with Crippen molar-refractivity contribution in [1.82, 2.24) is 31.1 Å². The van der Waals surface area contributed by atoms with E-state index in [-0.39, 0.29) is 23.1 Å². The molecule has 9 nitrogen and oxygen atoms in total. The molecule has 1 rings (SSSR count). The molecule has 1 atom stereocenters. The Kier molecular flexibility index (Phi) is 23.8. The number of nitrogens with one attached hydrogen (secondary N) is 4. The maximum atomic E-state index is 13.2. The van der Waals surface area contributed by atoms with E-state index in [0.717, 1.165) is 58.5 Å². The molecular formula is C36H70N6O3. The Morgan fingerprint density at radius 1 is 0.711 bits per heavy atom. The summed E-state index contributed by atoms with van der Waals surface area (Å²) in [5.74, 6) is -0.189. The van der Waals surface area contributed by atoms with Gasteiger partial charge in [0.05, 0.1) is 6.67 Å². The fourth-order valence-electron chi connectivity index (χ4n) is 5.61. The van der Waals surface area contributed by atoms with E-state index in [0.29, 0.717) is 38.9 Å². The van der Waals surface area contributed by atoms with E-state index in [1.165, 1.54) is 57.8 Å². The lowest BCUT2D eigenvalue weighted by molar-refractivity contribution is -0.129. The SMILES string of the molecule is CCCCCCCCC=CCCCCCCCC(=O)N[C@@H](CCCNC(=O)CC(C)(C)C)C(=O)NCN1CCN(CNC)CC1. The summed E-state index contributed by atoms with van der Waals surface area (Å²) in [6.45, 7) is 13.9. The zero-order chi connectivity index (χ0) is 33.2. The van der Waals surface area contributed by atoms with Crippen LogP contribution in [0.1, 0.15) is 137 Å². The number of carbonyl (C=O) groups excluding carboxylic acids is 3. The maximum Gasteiger partial charge on any atom is 0.243 e. The van der Waals surface area contributed by atoms with Gasteiger partial charge in [0, 0.05) is 52.2 Å². The second-order valence-electron chi connectivity index (χ2n) is 14.1. The molecule has 1 heterocycles. The van der Waals surface area contributed by atoms with Gasteiger partial charge in [0.15, 0.2) is 0 Å². The van der Waals surface area contributed by atoms with Crippen molar-refractivity contribution in [2.24, 2.45) is 5.41 Å². The number of hydrogen-bond donors (Lipinski definition) is 4. The van der Waals surface area contributed by atoms with Gasteiger partial charge in [-0.25, -0.2) is 0 Å². The van der Waals surface area contributed by atoms with E-state index in [1.807, 2.05) is 27.8 Å². The number of carbonyl (C=O) groups is 3. The highest BCUT2D eigenvalue weighted by Gasteiger charge is 2.23. The Labute approximate surface area is 276 Å². The van der Waals surface area contributed by atoms with Gasteiger partial charge in [-0.1, -0.05) is 91.2 Å². The average Bonchev–Trinajstić information content (AvgIpc) is 2.99. The number of unbranched alkanes of at least 4 members (excludes halogenated alkanes) is 11. The third kappa shape index (κ3) is 23.9. The van der Waals surface area contributed by atoms with Gasteiger partial charge < -0.3 is 21.3 Å². The van der Waals surface area contributed by atoms with Crippen molar-refractivity contribution in [2.45, 2.75) is 143 Å². The highest BCUT2D eigenvalue weighted by molar-refractivity contribution is 5.87. The Morgan fingerprint density at radius 2 is 1.27 bits per heavy atom. The molecular weight excluding hydrogens is 564 g/mol. The van der Waals surface area contributed by atoms with Crippen LogP contribution in [0.3, 0.4) is 0 Å². The molecule has 4 N–H and O–H groups in total. The third-order valence-corrected chi connectivity index (χ3v) is 8.32. The monoisotopic (exact) mass is 635 g/mol. The second-order valence-corrected chi connectivity index (χ2v) is 14.1. The predicted octanol–water partition coefficient (Wildman–Crippen LogP) is 5.71. The van der Waals surface area contributed by atoms with Crippen LogP contribution in [0.15, 0.2) is 12.2 Å². The summed E-state index contributed by atoms with van der Waals surface area (Å²) in [5, 5.41) is 12.2. The van der Waals surface area contributed by atoms with Crippen molar-refractivity contribution in [1.29, 1.82) is 0 Å². The molecule has 0 aromatic carbocycles. The lowest BCUT2D eigenvalue weighted by atomic mass is 9.92. The van der Waals surface area contributed by atoms with Gasteiger partial charge >= 0.3 is 0 Å². The van der Waals surface area contributed by atoms with Crippen molar-refractivity contribution in [3.05, 3.63) is 12.2 Å². The molecule has 0 aromatic heterocycles. The topological polar surface area (TPSA) is 106 Å². The predicted molar refractivity (Wildman–Crippen MR) is 188 cm³/mol. The van der Waals surface area contributed by atoms with Gasteiger partial charge in [-0.3, -0.25) is 24.2 Å². The van der Waals surface area contributed by atoms with E-state index < -0.39 is 6.04 Å². The van der Waals surface area contributed by atoms with Crippen molar-refractivity contribution >= 4 is 17.7 Å². The van der Waals surface area contributed by atoms with E-state index in [4.69, 9.17) is 0 Å². The van der Waals surface area contributed by atoms with Gasteiger partial charge in [-0.15, -0.1) is 0 Å². The minimum atomic E-state index is -0.592. The summed E-state index contributed by atoms with van der Waals surface area (Å²) in [7, 11) is 1.95. The highest BCUT2D eigenvalue weighted by Crippen LogP contribution is 2.17. The summed E-state index contributed by atoms with van der Waals surface area (Å²) >= 11 is 0. The van der Waals surface area contributed by atoms with Gasteiger partial charge in [0.2, 0.25) is 17.7 Å². The first-order valence-electron chi connectivity index (χ1n) is 18.2. The first-order valence-corrected chi connectivity index (χ1v) is 18.2. The van der Waals surface area contributed by atoms with Crippen LogP contribution in [0.4, 0.5) is 0 Å². The van der Waals surface area contributed by atoms with E-state index >= 15 is 0 Å². The number of rotatable bonds is 26. The Balaban J connectivity index is 2.33. The first kappa shape index (κ1) is 41.1. The van der Waals surface area contributed by atoms with Crippen LogP contribution in [0.5, 0.6) is 0 Å². The van der Waals surface area contributed by atoms with Gasteiger partial charge in [0.1, 0.15) is 6.04 Å². The molecule has 9 heteroatoms. The average molecular weight is 635 g/mol. The number of hydrogen-bond acceptors (Lipinski definition) is 6. The van der Waals surface area contributed by atoms with Crippen molar-refractivity contribution in [2.75, 3.05) is 53.1 Å². The Bertz CT molecular complexity index is 805. The molecule has 1 fully saturated rings. The minimum Gasteiger partial charge on any atom is -0.356 e. The zero-order valence-electron chi connectivity index (χ0n) is 29.8. The van der Waals surface area contributed by atoms with Crippen LogP contribution in [0.25, 0.3) is 0 Å². The van der Waals surface area contributed by atoms with Crippen molar-refractivity contribution in [3.8, 4) is 0 Å². The molecule has 262 valence electrons. The molecule has 1 aliphatic heterocycles. The summed E-state index contributed by atoms with van der Waals surface area (Å²) < 4.78 is 0. The van der Waals surface area contributed by atoms with Crippen molar-refractivity contribution < 1.29 is 14.4 Å². The van der Waals surface area contributed by atoms with Crippen LogP contribution in [0, 0.1) is 5.41 Å². The summed E-state index contributed by atoms with van der Waals surface area (Å²) in [6.07, 6.45) is 22.6. The van der Waals surface area contributed by atoms with E-state index in [9.17, 15) is 14.4 Å².